The van der Waals surface area contributed by atoms with Crippen LogP contribution in [-0.4, -0.2) is 16.5 Å². The number of nitrogens with one attached hydrogen (secondary N) is 2. The molecule has 1 saturated heterocycles. The molecule has 3 nitrogen and oxygen atoms in total. The number of rotatable bonds is 1. The molecule has 0 amide bonds. The van der Waals surface area contributed by atoms with Gasteiger partial charge in [-0.1, -0.05) is 0 Å². The Balaban J connectivity index is 1.93. The number of nitrogens with zero attached hydrogens (tertiary/aromatic N) is 1. The summed E-state index contributed by atoms with van der Waals surface area (Å²) in [5.41, 5.74) is 1.48. The fraction of sp³-hybridized carbons (Fsp3) is 0.500. The third kappa shape index (κ3) is 1.54. The van der Waals surface area contributed by atoms with Gasteiger partial charge in [-0.05, 0) is 49.8 Å². The second-order valence-electron chi connectivity index (χ2n) is 5.43. The zero-order valence-corrected chi connectivity index (χ0v) is 10.5. The predicted molar refractivity (Wildman–Crippen MR) is 68.0 cm³/mol. The molecule has 1 aromatic heterocycles. The lowest BCUT2D eigenvalue weighted by Crippen LogP contribution is -2.14. The van der Waals surface area contributed by atoms with Gasteiger partial charge in [0.1, 0.15) is 16.9 Å². The molecular weight excluding hydrogens is 248 g/mol. The van der Waals surface area contributed by atoms with Crippen molar-refractivity contribution < 1.29 is 8.78 Å². The molecule has 1 aliphatic carbocycles. The lowest BCUT2D eigenvalue weighted by molar-refractivity contribution is 0.600. The summed E-state index contributed by atoms with van der Waals surface area (Å²) in [4.78, 5) is 7.29. The summed E-state index contributed by atoms with van der Waals surface area (Å²) >= 11 is 0. The molecule has 2 aromatic rings. The number of hydrogen-bond donors (Lipinski definition) is 2. The molecule has 5 heteroatoms. The molecule has 1 aromatic carbocycles. The Hall–Kier alpha value is -1.49. The Kier molecular flexibility index (Phi) is 2.39. The Morgan fingerprint density at radius 1 is 1.05 bits per heavy atom. The van der Waals surface area contributed by atoms with E-state index in [0.29, 0.717) is 29.8 Å². The van der Waals surface area contributed by atoms with Gasteiger partial charge in [-0.25, -0.2) is 13.8 Å². The quantitative estimate of drug-likeness (QED) is 0.830. The lowest BCUT2D eigenvalue weighted by Gasteiger charge is -2.04. The van der Waals surface area contributed by atoms with E-state index in [1.54, 1.807) is 0 Å². The maximum Gasteiger partial charge on any atom is 0.154 e. The second-order valence-corrected chi connectivity index (χ2v) is 5.43. The van der Waals surface area contributed by atoms with Gasteiger partial charge in [0, 0.05) is 0 Å². The normalized spacial score (nSPS) is 22.3. The number of aromatic amines is 1. The van der Waals surface area contributed by atoms with Crippen molar-refractivity contribution in [2.24, 2.45) is 0 Å². The number of halogens is 2. The van der Waals surface area contributed by atoms with Gasteiger partial charge in [-0.2, -0.15) is 0 Å². The number of benzene rings is 1. The van der Waals surface area contributed by atoms with Crippen LogP contribution in [0.2, 0.25) is 0 Å². The minimum absolute atomic E-state index is 0.0982. The molecule has 0 unspecified atom stereocenters. The highest BCUT2D eigenvalue weighted by Crippen LogP contribution is 2.34. The molecule has 1 fully saturated rings. The van der Waals surface area contributed by atoms with Crippen LogP contribution in [-0.2, 0) is 12.8 Å². The topological polar surface area (TPSA) is 40.7 Å². The van der Waals surface area contributed by atoms with E-state index in [1.807, 2.05) is 0 Å². The van der Waals surface area contributed by atoms with Crippen molar-refractivity contribution in [2.45, 2.75) is 38.1 Å². The average Bonchev–Trinajstić information content (AvgIpc) is 3.12. The Labute approximate surface area is 109 Å². The Morgan fingerprint density at radius 3 is 2.58 bits per heavy atom. The zero-order valence-electron chi connectivity index (χ0n) is 10.5. The first-order valence-corrected chi connectivity index (χ1v) is 6.87. The van der Waals surface area contributed by atoms with Crippen LogP contribution >= 0.6 is 0 Å². The van der Waals surface area contributed by atoms with Crippen molar-refractivity contribution >= 4 is 11.0 Å². The summed E-state index contributed by atoms with van der Waals surface area (Å²) in [5, 5.41) is 3.29. The van der Waals surface area contributed by atoms with Crippen molar-refractivity contribution in [2.75, 3.05) is 6.54 Å². The smallest absolute Gasteiger partial charge is 0.154 e. The zero-order chi connectivity index (χ0) is 13.0. The maximum absolute atomic E-state index is 14.4. The van der Waals surface area contributed by atoms with Gasteiger partial charge in [-0.15, -0.1) is 0 Å². The molecule has 0 saturated carbocycles. The molecular formula is C14H15F2N3. The molecule has 2 aliphatic rings. The molecule has 4 rings (SSSR count). The lowest BCUT2D eigenvalue weighted by atomic mass is 10.1. The standard InChI is InChI=1S/C14H15F2N3/c15-10-7-3-1-4-8(7)11(16)13-12(10)18-14(19-13)9-5-2-6-17-9/h9,17H,1-6H2,(H,18,19)/t9-/m0/s1. The minimum Gasteiger partial charge on any atom is -0.338 e. The van der Waals surface area contributed by atoms with Crippen LogP contribution in [0.15, 0.2) is 0 Å². The van der Waals surface area contributed by atoms with E-state index in [1.165, 1.54) is 0 Å². The molecule has 1 atom stereocenters. The summed E-state index contributed by atoms with van der Waals surface area (Å²) in [7, 11) is 0. The van der Waals surface area contributed by atoms with Crippen molar-refractivity contribution in [3.8, 4) is 0 Å². The van der Waals surface area contributed by atoms with E-state index in [0.717, 1.165) is 25.8 Å². The van der Waals surface area contributed by atoms with Gasteiger partial charge in [-0.3, -0.25) is 0 Å². The van der Waals surface area contributed by atoms with E-state index in [-0.39, 0.29) is 28.7 Å². The number of hydrogen-bond acceptors (Lipinski definition) is 2. The van der Waals surface area contributed by atoms with E-state index in [9.17, 15) is 8.78 Å². The van der Waals surface area contributed by atoms with Crippen molar-refractivity contribution in [3.05, 3.63) is 28.6 Å². The molecule has 2 heterocycles. The fourth-order valence-corrected chi connectivity index (χ4v) is 3.31. The highest BCUT2D eigenvalue weighted by atomic mass is 19.1. The van der Waals surface area contributed by atoms with Gasteiger partial charge in [0.15, 0.2) is 11.6 Å². The first-order chi connectivity index (χ1) is 9.25. The summed E-state index contributed by atoms with van der Waals surface area (Å²) in [5.74, 6) is 0.0269. The summed E-state index contributed by atoms with van der Waals surface area (Å²) in [6, 6.07) is 0.0982. The van der Waals surface area contributed by atoms with Crippen molar-refractivity contribution in [1.82, 2.24) is 15.3 Å². The summed E-state index contributed by atoms with van der Waals surface area (Å²) < 4.78 is 28.8. The molecule has 100 valence electrons. The minimum atomic E-state index is -0.329. The van der Waals surface area contributed by atoms with E-state index in [4.69, 9.17) is 0 Å². The number of fused-ring (bicyclic) bond motifs is 2. The van der Waals surface area contributed by atoms with E-state index in [2.05, 4.69) is 15.3 Å². The number of imidazole rings is 1. The molecule has 1 aliphatic heterocycles. The number of aromatic nitrogens is 2. The first kappa shape index (κ1) is 11.3. The Bertz CT molecular complexity index is 609. The predicted octanol–water partition coefficient (Wildman–Crippen LogP) is 2.75. The molecule has 2 N–H and O–H groups in total. The van der Waals surface area contributed by atoms with Gasteiger partial charge in [0.2, 0.25) is 0 Å². The summed E-state index contributed by atoms with van der Waals surface area (Å²) in [6.07, 6.45) is 4.11. The molecule has 0 spiro atoms. The van der Waals surface area contributed by atoms with E-state index < -0.39 is 0 Å². The third-order valence-electron chi connectivity index (χ3n) is 4.29. The van der Waals surface area contributed by atoms with Crippen LogP contribution < -0.4 is 5.32 Å². The van der Waals surface area contributed by atoms with Gasteiger partial charge < -0.3 is 10.3 Å². The fourth-order valence-electron chi connectivity index (χ4n) is 3.31. The highest BCUT2D eigenvalue weighted by molar-refractivity contribution is 5.79. The molecule has 19 heavy (non-hydrogen) atoms. The SMILES string of the molecule is Fc1c2c(c(F)c3[nH]c([C@@H]4CCCN4)nc13)CCC2. The second kappa shape index (κ2) is 4.00. The van der Waals surface area contributed by atoms with E-state index >= 15 is 0 Å². The van der Waals surface area contributed by atoms with Crippen LogP contribution in [0.5, 0.6) is 0 Å². The van der Waals surface area contributed by atoms with Crippen LogP contribution in [0.1, 0.15) is 42.3 Å². The third-order valence-corrected chi connectivity index (χ3v) is 4.29. The molecule has 0 bridgehead atoms. The van der Waals surface area contributed by atoms with Crippen LogP contribution in [0.3, 0.4) is 0 Å². The van der Waals surface area contributed by atoms with Gasteiger partial charge in [0.05, 0.1) is 6.04 Å². The largest absolute Gasteiger partial charge is 0.338 e. The van der Waals surface area contributed by atoms with Gasteiger partial charge in [0.25, 0.3) is 0 Å². The Morgan fingerprint density at radius 2 is 1.84 bits per heavy atom. The summed E-state index contributed by atoms with van der Waals surface area (Å²) in [6.45, 7) is 0.934. The maximum atomic E-state index is 14.4. The monoisotopic (exact) mass is 263 g/mol. The van der Waals surface area contributed by atoms with Crippen LogP contribution in [0.25, 0.3) is 11.0 Å². The molecule has 0 radical (unpaired) electrons. The van der Waals surface area contributed by atoms with Crippen molar-refractivity contribution in [3.63, 3.8) is 0 Å². The van der Waals surface area contributed by atoms with Crippen LogP contribution in [0, 0.1) is 11.6 Å². The van der Waals surface area contributed by atoms with Crippen molar-refractivity contribution in [1.29, 1.82) is 0 Å². The number of H-pyrrole nitrogens is 1. The average molecular weight is 263 g/mol. The van der Waals surface area contributed by atoms with Crippen LogP contribution in [0.4, 0.5) is 8.78 Å². The van der Waals surface area contributed by atoms with Gasteiger partial charge >= 0.3 is 0 Å². The first-order valence-electron chi connectivity index (χ1n) is 6.87. The highest BCUT2D eigenvalue weighted by Gasteiger charge is 2.27.